The second-order valence-corrected chi connectivity index (χ2v) is 5.90. The minimum Gasteiger partial charge on any atom is -0.394 e. The van der Waals surface area contributed by atoms with E-state index in [-0.39, 0.29) is 24.5 Å². The van der Waals surface area contributed by atoms with Crippen LogP contribution in [0.3, 0.4) is 0 Å². The van der Waals surface area contributed by atoms with Gasteiger partial charge in [0.15, 0.2) is 0 Å². The highest BCUT2D eigenvalue weighted by Crippen LogP contribution is 2.33. The van der Waals surface area contributed by atoms with E-state index in [1.165, 1.54) is 0 Å². The normalized spacial score (nSPS) is 26.4. The largest absolute Gasteiger partial charge is 0.394 e. The van der Waals surface area contributed by atoms with Gasteiger partial charge in [0.1, 0.15) is 5.54 Å². The van der Waals surface area contributed by atoms with Crippen LogP contribution in [0.15, 0.2) is 30.3 Å². The standard InChI is InChI=1S/C16H20N2O3/c19-11-13(10-12-4-2-1-3-5-12)18-9-8-16(15(18)21)7-6-14(20)17-16/h1-5,13,19H,6-11H2,(H,17,20)/t13-,16+/m0/s1. The molecule has 2 aliphatic rings. The van der Waals surface area contributed by atoms with Gasteiger partial charge in [-0.05, 0) is 24.8 Å². The van der Waals surface area contributed by atoms with Crippen LogP contribution in [-0.4, -0.2) is 46.6 Å². The number of rotatable bonds is 4. The Labute approximate surface area is 123 Å². The zero-order valence-corrected chi connectivity index (χ0v) is 11.9. The van der Waals surface area contributed by atoms with Crippen LogP contribution in [0.2, 0.25) is 0 Å². The van der Waals surface area contributed by atoms with E-state index in [4.69, 9.17) is 0 Å². The van der Waals surface area contributed by atoms with Crippen LogP contribution in [-0.2, 0) is 16.0 Å². The number of nitrogens with zero attached hydrogens (tertiary/aromatic N) is 1. The van der Waals surface area contributed by atoms with E-state index >= 15 is 0 Å². The number of benzene rings is 1. The Morgan fingerprint density at radius 3 is 2.62 bits per heavy atom. The van der Waals surface area contributed by atoms with Gasteiger partial charge in [0.25, 0.3) is 0 Å². The van der Waals surface area contributed by atoms with E-state index in [2.05, 4.69) is 5.32 Å². The van der Waals surface area contributed by atoms with Crippen LogP contribution >= 0.6 is 0 Å². The summed E-state index contributed by atoms with van der Waals surface area (Å²) < 4.78 is 0. The summed E-state index contributed by atoms with van der Waals surface area (Å²) in [7, 11) is 0. The molecule has 1 aromatic carbocycles. The number of carbonyl (C=O) groups excluding carboxylic acids is 2. The molecule has 21 heavy (non-hydrogen) atoms. The van der Waals surface area contributed by atoms with Crippen molar-refractivity contribution in [3.63, 3.8) is 0 Å². The summed E-state index contributed by atoms with van der Waals surface area (Å²) in [6.07, 6.45) is 2.27. The lowest BCUT2D eigenvalue weighted by Crippen LogP contribution is -2.51. The van der Waals surface area contributed by atoms with Gasteiger partial charge in [0.05, 0.1) is 12.6 Å². The van der Waals surface area contributed by atoms with Crippen LogP contribution in [0.25, 0.3) is 0 Å². The van der Waals surface area contributed by atoms with Crippen LogP contribution in [0.1, 0.15) is 24.8 Å². The number of aliphatic hydroxyl groups excluding tert-OH is 1. The predicted octanol–water partition coefficient (Wildman–Crippen LogP) is 0.471. The molecule has 0 aliphatic carbocycles. The van der Waals surface area contributed by atoms with E-state index in [1.807, 2.05) is 30.3 Å². The van der Waals surface area contributed by atoms with Crippen molar-refractivity contribution in [3.05, 3.63) is 35.9 Å². The molecule has 5 nitrogen and oxygen atoms in total. The van der Waals surface area contributed by atoms with Crippen molar-refractivity contribution in [3.8, 4) is 0 Å². The van der Waals surface area contributed by atoms with E-state index in [1.54, 1.807) is 4.90 Å². The maximum atomic E-state index is 12.7. The average molecular weight is 288 g/mol. The van der Waals surface area contributed by atoms with Crippen molar-refractivity contribution in [2.24, 2.45) is 0 Å². The van der Waals surface area contributed by atoms with Crippen molar-refractivity contribution in [2.75, 3.05) is 13.2 Å². The Bertz CT molecular complexity index is 546. The minimum absolute atomic E-state index is 0.0386. The average Bonchev–Trinajstić information content (AvgIpc) is 3.03. The van der Waals surface area contributed by atoms with Crippen molar-refractivity contribution in [2.45, 2.75) is 37.3 Å². The van der Waals surface area contributed by atoms with Crippen molar-refractivity contribution >= 4 is 11.8 Å². The van der Waals surface area contributed by atoms with Gasteiger partial charge in [-0.2, -0.15) is 0 Å². The number of carbonyl (C=O) groups is 2. The topological polar surface area (TPSA) is 69.6 Å². The van der Waals surface area contributed by atoms with Gasteiger partial charge in [-0.15, -0.1) is 0 Å². The molecule has 2 saturated heterocycles. The van der Waals surface area contributed by atoms with E-state index < -0.39 is 5.54 Å². The lowest BCUT2D eigenvalue weighted by atomic mass is 9.96. The molecule has 0 aromatic heterocycles. The molecule has 0 saturated carbocycles. The van der Waals surface area contributed by atoms with Crippen LogP contribution in [0.5, 0.6) is 0 Å². The summed E-state index contributed by atoms with van der Waals surface area (Å²) in [5, 5.41) is 12.5. The van der Waals surface area contributed by atoms with Crippen LogP contribution in [0.4, 0.5) is 0 Å². The highest BCUT2D eigenvalue weighted by Gasteiger charge is 2.52. The molecule has 3 rings (SSSR count). The third-order valence-electron chi connectivity index (χ3n) is 4.57. The van der Waals surface area contributed by atoms with E-state index in [0.717, 1.165) is 5.56 Å². The van der Waals surface area contributed by atoms with Crippen molar-refractivity contribution in [1.82, 2.24) is 10.2 Å². The molecule has 112 valence electrons. The molecule has 2 atom stereocenters. The summed E-state index contributed by atoms with van der Waals surface area (Å²) in [4.78, 5) is 25.9. The highest BCUT2D eigenvalue weighted by molar-refractivity contribution is 5.96. The minimum atomic E-state index is -0.707. The maximum absolute atomic E-state index is 12.7. The van der Waals surface area contributed by atoms with Gasteiger partial charge in [0.2, 0.25) is 11.8 Å². The Kier molecular flexibility index (Phi) is 3.68. The Morgan fingerprint density at radius 2 is 2.00 bits per heavy atom. The Balaban J connectivity index is 1.74. The summed E-state index contributed by atoms with van der Waals surface area (Å²) in [6, 6.07) is 9.62. The molecular weight excluding hydrogens is 268 g/mol. The van der Waals surface area contributed by atoms with Crippen molar-refractivity contribution < 1.29 is 14.7 Å². The summed E-state index contributed by atoms with van der Waals surface area (Å²) in [5.41, 5.74) is 0.391. The highest BCUT2D eigenvalue weighted by atomic mass is 16.3. The molecule has 2 heterocycles. The summed E-state index contributed by atoms with van der Waals surface area (Å²) >= 11 is 0. The molecule has 2 fully saturated rings. The molecule has 1 aromatic rings. The fraction of sp³-hybridized carbons (Fsp3) is 0.500. The second kappa shape index (κ2) is 5.48. The molecule has 0 radical (unpaired) electrons. The number of hydrogen-bond donors (Lipinski definition) is 2. The zero-order valence-electron chi connectivity index (χ0n) is 11.9. The zero-order chi connectivity index (χ0) is 14.9. The van der Waals surface area contributed by atoms with Crippen molar-refractivity contribution in [1.29, 1.82) is 0 Å². The summed E-state index contributed by atoms with van der Waals surface area (Å²) in [5.74, 6) is -0.0860. The van der Waals surface area contributed by atoms with Crippen LogP contribution < -0.4 is 5.32 Å². The number of hydrogen-bond acceptors (Lipinski definition) is 3. The molecule has 5 heteroatoms. The predicted molar refractivity (Wildman–Crippen MR) is 77.5 cm³/mol. The number of amides is 2. The lowest BCUT2D eigenvalue weighted by molar-refractivity contribution is -0.136. The number of aliphatic hydroxyl groups is 1. The SMILES string of the molecule is O=C1CC[C@]2(CCN([C@H](CO)Cc3ccccc3)C2=O)N1. The molecule has 2 N–H and O–H groups in total. The van der Waals surface area contributed by atoms with Gasteiger partial charge in [-0.25, -0.2) is 0 Å². The first kappa shape index (κ1) is 14.1. The third kappa shape index (κ3) is 2.53. The molecule has 2 aliphatic heterocycles. The first-order chi connectivity index (χ1) is 10.1. The monoisotopic (exact) mass is 288 g/mol. The van der Waals surface area contributed by atoms with Gasteiger partial charge in [0, 0.05) is 13.0 Å². The Hall–Kier alpha value is -1.88. The quantitative estimate of drug-likeness (QED) is 0.846. The Morgan fingerprint density at radius 1 is 1.24 bits per heavy atom. The maximum Gasteiger partial charge on any atom is 0.248 e. The molecular formula is C16H20N2O3. The third-order valence-corrected chi connectivity index (χ3v) is 4.57. The molecule has 1 spiro atoms. The first-order valence-corrected chi connectivity index (χ1v) is 7.41. The van der Waals surface area contributed by atoms with E-state index in [9.17, 15) is 14.7 Å². The van der Waals surface area contributed by atoms with Gasteiger partial charge in [-0.3, -0.25) is 9.59 Å². The van der Waals surface area contributed by atoms with Gasteiger partial charge in [-0.1, -0.05) is 30.3 Å². The summed E-state index contributed by atoms with van der Waals surface area (Å²) in [6.45, 7) is 0.530. The number of likely N-dealkylation sites (tertiary alicyclic amines) is 1. The molecule has 0 bridgehead atoms. The first-order valence-electron chi connectivity index (χ1n) is 7.41. The lowest BCUT2D eigenvalue weighted by Gasteiger charge is -2.29. The molecule has 0 unspecified atom stereocenters. The van der Waals surface area contributed by atoms with Gasteiger partial charge < -0.3 is 15.3 Å². The number of nitrogens with one attached hydrogen (secondary N) is 1. The second-order valence-electron chi connectivity index (χ2n) is 5.90. The van der Waals surface area contributed by atoms with Gasteiger partial charge >= 0.3 is 0 Å². The van der Waals surface area contributed by atoms with E-state index in [0.29, 0.717) is 32.2 Å². The molecule has 2 amide bonds. The van der Waals surface area contributed by atoms with Crippen LogP contribution in [0, 0.1) is 0 Å². The fourth-order valence-corrected chi connectivity index (χ4v) is 3.37. The fourth-order valence-electron chi connectivity index (χ4n) is 3.37. The smallest absolute Gasteiger partial charge is 0.248 e.